The first-order chi connectivity index (χ1) is 17.7. The van der Waals surface area contributed by atoms with E-state index in [1.165, 1.54) is 52.3 Å². The molecule has 1 aromatic rings. The van der Waals surface area contributed by atoms with Gasteiger partial charge in [0.1, 0.15) is 17.8 Å². The molecular weight excluding hydrogens is 514 g/mol. The Balaban J connectivity index is 2.33. The summed E-state index contributed by atoms with van der Waals surface area (Å²) >= 11 is 0. The van der Waals surface area contributed by atoms with Gasteiger partial charge >= 0.3 is 6.18 Å². The Labute approximate surface area is 218 Å². The molecule has 0 saturated heterocycles. The number of hydrogen-bond donors (Lipinski definition) is 3. The molecule has 1 aliphatic rings. The number of nitrogens with one attached hydrogen (secondary N) is 3. The van der Waals surface area contributed by atoms with Gasteiger partial charge in [-0.25, -0.2) is 4.39 Å². The quantitative estimate of drug-likeness (QED) is 0.346. The Morgan fingerprint density at radius 2 is 1.53 bits per heavy atom. The van der Waals surface area contributed by atoms with Crippen LogP contribution in [0.25, 0.3) is 0 Å². The predicted octanol–water partition coefficient (Wildman–Crippen LogP) is 2.54. The van der Waals surface area contributed by atoms with Crippen molar-refractivity contribution in [3.63, 3.8) is 0 Å². The summed E-state index contributed by atoms with van der Waals surface area (Å²) in [6.07, 6.45) is -4.17. The Kier molecular flexibility index (Phi) is 10.6. The van der Waals surface area contributed by atoms with E-state index in [2.05, 4.69) is 16.0 Å². The van der Waals surface area contributed by atoms with Crippen LogP contribution >= 0.6 is 0 Å². The molecule has 13 heteroatoms. The molecular formula is C25H33F4N3O6. The molecule has 1 saturated carbocycles. The van der Waals surface area contributed by atoms with E-state index in [1.54, 1.807) is 0 Å². The van der Waals surface area contributed by atoms with Crippen LogP contribution in [0.2, 0.25) is 0 Å². The van der Waals surface area contributed by atoms with Crippen molar-refractivity contribution < 1.29 is 46.2 Å². The number of rotatable bonds is 12. The van der Waals surface area contributed by atoms with Crippen LogP contribution in [-0.4, -0.2) is 68.3 Å². The van der Waals surface area contributed by atoms with Gasteiger partial charge in [0.15, 0.2) is 5.67 Å². The van der Waals surface area contributed by atoms with Crippen LogP contribution in [0, 0.1) is 5.92 Å². The zero-order valence-corrected chi connectivity index (χ0v) is 21.6. The smallest absolute Gasteiger partial charge is 0.452 e. The number of carbonyl (C=O) groups excluding carboxylic acids is 4. The number of amides is 3. The fourth-order valence-electron chi connectivity index (χ4n) is 4.09. The maximum Gasteiger partial charge on any atom is 0.452 e. The summed E-state index contributed by atoms with van der Waals surface area (Å²) in [5, 5.41) is 6.77. The minimum atomic E-state index is -5.20. The summed E-state index contributed by atoms with van der Waals surface area (Å²) in [7, 11) is 2.65. The van der Waals surface area contributed by atoms with Gasteiger partial charge in [-0.05, 0) is 49.3 Å². The van der Waals surface area contributed by atoms with Crippen LogP contribution in [-0.2, 0) is 23.9 Å². The fraction of sp³-hybridized carbons (Fsp3) is 0.600. The maximum atomic E-state index is 14.9. The van der Waals surface area contributed by atoms with Gasteiger partial charge in [0.05, 0.1) is 19.8 Å². The van der Waals surface area contributed by atoms with Gasteiger partial charge in [-0.15, -0.1) is 0 Å². The van der Waals surface area contributed by atoms with E-state index in [1.807, 2.05) is 0 Å². The Morgan fingerprint density at radius 3 is 2.00 bits per heavy atom. The number of carbonyl (C=O) groups is 4. The summed E-state index contributed by atoms with van der Waals surface area (Å²) < 4.78 is 64.3. The number of methoxy groups -OCH3 is 2. The van der Waals surface area contributed by atoms with Crippen molar-refractivity contribution in [1.29, 1.82) is 0 Å². The first-order valence-corrected chi connectivity index (χ1v) is 12.1. The minimum absolute atomic E-state index is 0.000852. The third-order valence-electron chi connectivity index (χ3n) is 6.28. The van der Waals surface area contributed by atoms with Gasteiger partial charge < -0.3 is 25.4 Å². The van der Waals surface area contributed by atoms with Crippen LogP contribution in [0.3, 0.4) is 0 Å². The van der Waals surface area contributed by atoms with Crippen LogP contribution < -0.4 is 20.7 Å². The van der Waals surface area contributed by atoms with Crippen LogP contribution in [0.15, 0.2) is 24.3 Å². The van der Waals surface area contributed by atoms with E-state index in [0.717, 1.165) is 0 Å². The highest BCUT2D eigenvalue weighted by Gasteiger charge is 2.46. The monoisotopic (exact) mass is 547 g/mol. The van der Waals surface area contributed by atoms with Crippen molar-refractivity contribution in [3.8, 4) is 5.75 Å². The Bertz CT molecular complexity index is 994. The van der Waals surface area contributed by atoms with E-state index in [9.17, 15) is 36.7 Å². The third kappa shape index (κ3) is 7.89. The molecule has 1 fully saturated rings. The van der Waals surface area contributed by atoms with Crippen molar-refractivity contribution in [2.75, 3.05) is 20.8 Å². The molecule has 0 spiro atoms. The van der Waals surface area contributed by atoms with E-state index in [0.29, 0.717) is 18.6 Å². The summed E-state index contributed by atoms with van der Waals surface area (Å²) in [5.41, 5.74) is -1.99. The lowest BCUT2D eigenvalue weighted by Gasteiger charge is -2.28. The van der Waals surface area contributed by atoms with E-state index in [-0.39, 0.29) is 25.0 Å². The average molecular weight is 548 g/mol. The zero-order valence-electron chi connectivity index (χ0n) is 21.6. The molecule has 0 heterocycles. The van der Waals surface area contributed by atoms with E-state index in [4.69, 9.17) is 9.47 Å². The molecule has 2 rings (SSSR count). The lowest BCUT2D eigenvalue weighted by molar-refractivity contribution is -0.175. The molecule has 212 valence electrons. The molecule has 1 aliphatic carbocycles. The average Bonchev–Trinajstić information content (AvgIpc) is 3.32. The molecule has 3 amide bonds. The largest absolute Gasteiger partial charge is 0.497 e. The highest BCUT2D eigenvalue weighted by molar-refractivity contribution is 5.97. The van der Waals surface area contributed by atoms with Crippen LogP contribution in [0.5, 0.6) is 5.75 Å². The molecule has 3 atom stereocenters. The number of ketones is 1. The molecule has 3 N–H and O–H groups in total. The second-order valence-electron chi connectivity index (χ2n) is 9.46. The highest BCUT2D eigenvalue weighted by Crippen LogP contribution is 2.33. The number of alkyl halides is 4. The normalized spacial score (nSPS) is 17.3. The maximum absolute atomic E-state index is 14.9. The lowest BCUT2D eigenvalue weighted by atomic mass is 9.97. The van der Waals surface area contributed by atoms with Crippen molar-refractivity contribution in [2.24, 2.45) is 5.92 Å². The summed E-state index contributed by atoms with van der Waals surface area (Å²) in [4.78, 5) is 50.8. The second kappa shape index (κ2) is 13.0. The number of Topliss-reactive ketones (excluding diaryl/α,β-unsaturated/α-hetero) is 1. The van der Waals surface area contributed by atoms with Gasteiger partial charge in [0.25, 0.3) is 11.7 Å². The fourth-order valence-corrected chi connectivity index (χ4v) is 4.09. The molecule has 0 unspecified atom stereocenters. The molecule has 0 bridgehead atoms. The Morgan fingerprint density at radius 1 is 0.947 bits per heavy atom. The first kappa shape index (κ1) is 31.0. The summed E-state index contributed by atoms with van der Waals surface area (Å²) in [6.45, 7) is 2.29. The van der Waals surface area contributed by atoms with Crippen LogP contribution in [0.1, 0.15) is 51.1 Å². The SMILES string of the molecule is COC[C@H](NC(=O)C1(F)CCCC1)C(=O)N[C@H](C(=O)N[C@H](C(=O)C(F)(F)F)C(C)C)c1ccc(OC)cc1. The summed E-state index contributed by atoms with van der Waals surface area (Å²) in [5.74, 6) is -5.70. The Hall–Kier alpha value is -3.22. The van der Waals surface area contributed by atoms with Gasteiger partial charge in [0.2, 0.25) is 11.8 Å². The summed E-state index contributed by atoms with van der Waals surface area (Å²) in [6, 6.07) is 0.831. The molecule has 1 aromatic carbocycles. The predicted molar refractivity (Wildman–Crippen MR) is 128 cm³/mol. The first-order valence-electron chi connectivity index (χ1n) is 12.1. The standard InChI is InChI=1S/C25H33F4N3O6/c1-14(2)18(20(33)25(27,28)29)31-22(35)19(15-7-9-16(38-4)10-8-15)32-21(34)17(13-37-3)30-23(36)24(26)11-5-6-12-24/h7-10,14,17-19H,5-6,11-13H2,1-4H3,(H,30,36)(H,31,35)(H,32,34)/t17-,18-,19-/m0/s1. The zero-order chi connectivity index (χ0) is 28.7. The number of hydrogen-bond acceptors (Lipinski definition) is 6. The third-order valence-corrected chi connectivity index (χ3v) is 6.28. The molecule has 0 radical (unpaired) electrons. The molecule has 0 aliphatic heterocycles. The number of ether oxygens (including phenoxy) is 2. The highest BCUT2D eigenvalue weighted by atomic mass is 19.4. The number of benzene rings is 1. The van der Waals surface area contributed by atoms with Crippen molar-refractivity contribution in [3.05, 3.63) is 29.8 Å². The van der Waals surface area contributed by atoms with Gasteiger partial charge in [-0.1, -0.05) is 26.0 Å². The molecule has 38 heavy (non-hydrogen) atoms. The second-order valence-corrected chi connectivity index (χ2v) is 9.46. The molecule has 0 aromatic heterocycles. The van der Waals surface area contributed by atoms with Crippen LogP contribution in [0.4, 0.5) is 17.6 Å². The minimum Gasteiger partial charge on any atom is -0.497 e. The molecule has 9 nitrogen and oxygen atoms in total. The van der Waals surface area contributed by atoms with E-state index >= 15 is 0 Å². The number of halogens is 4. The van der Waals surface area contributed by atoms with Crippen molar-refractivity contribution >= 4 is 23.5 Å². The van der Waals surface area contributed by atoms with Gasteiger partial charge in [-0.3, -0.25) is 19.2 Å². The van der Waals surface area contributed by atoms with Gasteiger partial charge in [0, 0.05) is 7.11 Å². The topological polar surface area (TPSA) is 123 Å². The van der Waals surface area contributed by atoms with Crippen molar-refractivity contribution in [2.45, 2.75) is 69.5 Å². The van der Waals surface area contributed by atoms with E-state index < -0.39 is 59.4 Å². The van der Waals surface area contributed by atoms with Crippen molar-refractivity contribution in [1.82, 2.24) is 16.0 Å². The van der Waals surface area contributed by atoms with Gasteiger partial charge in [-0.2, -0.15) is 13.2 Å². The lowest BCUT2D eigenvalue weighted by Crippen LogP contribution is -2.57.